The maximum Gasteiger partial charge on any atom is 0.115 e. The molecule has 0 atom stereocenters. The molecule has 2 rings (SSSR count). The van der Waals surface area contributed by atoms with E-state index < -0.39 is 0 Å². The predicted octanol–water partition coefficient (Wildman–Crippen LogP) is 0.472. The van der Waals surface area contributed by atoms with Crippen LogP contribution in [0.3, 0.4) is 0 Å². The van der Waals surface area contributed by atoms with Crippen molar-refractivity contribution in [2.75, 3.05) is 13.1 Å². The van der Waals surface area contributed by atoms with Crippen molar-refractivity contribution in [2.24, 2.45) is 0 Å². The summed E-state index contributed by atoms with van der Waals surface area (Å²) in [5.74, 6) is 0.622. The molecule has 2 heterocycles. The van der Waals surface area contributed by atoms with Gasteiger partial charge in [0.15, 0.2) is 0 Å². The monoisotopic (exact) mass is 149 g/mol. The van der Waals surface area contributed by atoms with Crippen LogP contribution in [0.25, 0.3) is 0 Å². The second-order valence-electron chi connectivity index (χ2n) is 2.94. The van der Waals surface area contributed by atoms with Gasteiger partial charge in [0.25, 0.3) is 0 Å². The number of hydrogen-bond donors (Lipinski definition) is 1. The highest BCUT2D eigenvalue weighted by atomic mass is 15.0. The summed E-state index contributed by atoms with van der Waals surface area (Å²) in [5, 5.41) is 3.22. The Kier molecular flexibility index (Phi) is 1.58. The van der Waals surface area contributed by atoms with Gasteiger partial charge in [-0.05, 0) is 13.0 Å². The molecule has 3 nitrogen and oxygen atoms in total. The lowest BCUT2D eigenvalue weighted by Gasteiger charge is -2.26. The maximum atomic E-state index is 4.21. The highest BCUT2D eigenvalue weighted by molar-refractivity contribution is 5.15. The van der Waals surface area contributed by atoms with Crippen LogP contribution in [0.15, 0.2) is 12.4 Å². The number of aromatic nitrogens is 2. The lowest BCUT2D eigenvalue weighted by molar-refractivity contribution is 0.439. The average Bonchev–Trinajstić information content (AvgIpc) is 1.83. The lowest BCUT2D eigenvalue weighted by atomic mass is 9.99. The molecule has 0 amide bonds. The third-order valence-corrected chi connectivity index (χ3v) is 2.02. The molecule has 1 N–H and O–H groups in total. The van der Waals surface area contributed by atoms with E-state index in [-0.39, 0.29) is 0 Å². The van der Waals surface area contributed by atoms with Crippen molar-refractivity contribution in [1.29, 1.82) is 0 Å². The molecule has 0 aliphatic carbocycles. The lowest BCUT2D eigenvalue weighted by Crippen LogP contribution is -2.40. The first-order valence-corrected chi connectivity index (χ1v) is 3.85. The molecule has 11 heavy (non-hydrogen) atoms. The maximum absolute atomic E-state index is 4.21. The fourth-order valence-corrected chi connectivity index (χ4v) is 1.20. The van der Waals surface area contributed by atoms with Crippen LogP contribution in [0.4, 0.5) is 0 Å². The Morgan fingerprint density at radius 2 is 2.27 bits per heavy atom. The molecule has 1 saturated heterocycles. The van der Waals surface area contributed by atoms with Gasteiger partial charge in [-0.2, -0.15) is 0 Å². The van der Waals surface area contributed by atoms with Crippen molar-refractivity contribution < 1.29 is 0 Å². The van der Waals surface area contributed by atoms with Crippen LogP contribution in [0, 0.1) is 6.92 Å². The van der Waals surface area contributed by atoms with Gasteiger partial charge in [0, 0.05) is 30.4 Å². The normalized spacial score (nSPS) is 17.9. The topological polar surface area (TPSA) is 37.8 Å². The van der Waals surface area contributed by atoms with E-state index in [0.717, 1.165) is 18.8 Å². The molecule has 3 heteroatoms. The van der Waals surface area contributed by atoms with Crippen molar-refractivity contribution in [3.8, 4) is 0 Å². The van der Waals surface area contributed by atoms with Gasteiger partial charge in [-0.3, -0.25) is 0 Å². The van der Waals surface area contributed by atoms with Crippen molar-refractivity contribution in [2.45, 2.75) is 12.8 Å². The minimum atomic E-state index is 0.622. The number of nitrogens with one attached hydrogen (secondary N) is 1. The standard InChI is InChI=1S/C8H11N3/c1-6-2-8(11-5-10-6)7-3-9-4-7/h2,5,7,9H,3-4H2,1H3. The van der Waals surface area contributed by atoms with Gasteiger partial charge < -0.3 is 5.32 Å². The van der Waals surface area contributed by atoms with E-state index in [2.05, 4.69) is 21.4 Å². The highest BCUT2D eigenvalue weighted by Crippen LogP contribution is 2.16. The van der Waals surface area contributed by atoms with E-state index in [1.807, 2.05) is 6.92 Å². The van der Waals surface area contributed by atoms with Gasteiger partial charge in [0.2, 0.25) is 0 Å². The number of nitrogens with zero attached hydrogens (tertiary/aromatic N) is 2. The van der Waals surface area contributed by atoms with Crippen molar-refractivity contribution in [1.82, 2.24) is 15.3 Å². The Morgan fingerprint density at radius 1 is 1.45 bits per heavy atom. The third-order valence-electron chi connectivity index (χ3n) is 2.02. The minimum Gasteiger partial charge on any atom is -0.315 e. The van der Waals surface area contributed by atoms with Crippen LogP contribution in [0.2, 0.25) is 0 Å². The summed E-state index contributed by atoms with van der Waals surface area (Å²) in [5.41, 5.74) is 2.23. The van der Waals surface area contributed by atoms with Crippen LogP contribution in [-0.2, 0) is 0 Å². The van der Waals surface area contributed by atoms with Gasteiger partial charge in [-0.1, -0.05) is 0 Å². The van der Waals surface area contributed by atoms with Crippen LogP contribution in [-0.4, -0.2) is 23.1 Å². The fraction of sp³-hybridized carbons (Fsp3) is 0.500. The third kappa shape index (κ3) is 1.24. The quantitative estimate of drug-likeness (QED) is 0.630. The second-order valence-corrected chi connectivity index (χ2v) is 2.94. The molecule has 1 aromatic heterocycles. The van der Waals surface area contributed by atoms with Crippen molar-refractivity contribution in [3.05, 3.63) is 23.8 Å². The van der Waals surface area contributed by atoms with Gasteiger partial charge in [-0.25, -0.2) is 9.97 Å². The van der Waals surface area contributed by atoms with E-state index in [9.17, 15) is 0 Å². The number of rotatable bonds is 1. The Balaban J connectivity index is 2.23. The molecular formula is C8H11N3. The summed E-state index contributed by atoms with van der Waals surface area (Å²) in [7, 11) is 0. The van der Waals surface area contributed by atoms with Gasteiger partial charge in [0.05, 0.1) is 0 Å². The largest absolute Gasteiger partial charge is 0.315 e. The first kappa shape index (κ1) is 6.73. The van der Waals surface area contributed by atoms with Crippen LogP contribution < -0.4 is 5.32 Å². The van der Waals surface area contributed by atoms with Crippen LogP contribution in [0.5, 0.6) is 0 Å². The summed E-state index contributed by atoms with van der Waals surface area (Å²) in [6, 6.07) is 2.06. The van der Waals surface area contributed by atoms with E-state index >= 15 is 0 Å². The first-order valence-electron chi connectivity index (χ1n) is 3.85. The molecule has 0 spiro atoms. The molecule has 1 aliphatic rings. The molecule has 0 aromatic carbocycles. The Morgan fingerprint density at radius 3 is 2.82 bits per heavy atom. The molecule has 1 fully saturated rings. The van der Waals surface area contributed by atoms with E-state index in [1.165, 1.54) is 5.69 Å². The van der Waals surface area contributed by atoms with Gasteiger partial charge in [0.1, 0.15) is 6.33 Å². The molecule has 0 unspecified atom stereocenters. The molecule has 58 valence electrons. The molecule has 0 bridgehead atoms. The van der Waals surface area contributed by atoms with Gasteiger partial charge in [-0.15, -0.1) is 0 Å². The molecule has 0 radical (unpaired) electrons. The summed E-state index contributed by atoms with van der Waals surface area (Å²) >= 11 is 0. The zero-order valence-corrected chi connectivity index (χ0v) is 6.54. The SMILES string of the molecule is Cc1cc(C2CNC2)ncn1. The van der Waals surface area contributed by atoms with Crippen molar-refractivity contribution >= 4 is 0 Å². The van der Waals surface area contributed by atoms with Gasteiger partial charge >= 0.3 is 0 Å². The highest BCUT2D eigenvalue weighted by Gasteiger charge is 2.19. The smallest absolute Gasteiger partial charge is 0.115 e. The summed E-state index contributed by atoms with van der Waals surface area (Å²) in [6.07, 6.45) is 1.64. The first-order chi connectivity index (χ1) is 5.36. The van der Waals surface area contributed by atoms with Crippen LogP contribution >= 0.6 is 0 Å². The Bertz CT molecular complexity index is 255. The second kappa shape index (κ2) is 2.58. The molecule has 0 saturated carbocycles. The van der Waals surface area contributed by atoms with E-state index in [4.69, 9.17) is 0 Å². The summed E-state index contributed by atoms with van der Waals surface area (Å²) in [6.45, 7) is 4.13. The van der Waals surface area contributed by atoms with Crippen LogP contribution in [0.1, 0.15) is 17.3 Å². The fourth-order valence-electron chi connectivity index (χ4n) is 1.20. The Labute approximate surface area is 65.9 Å². The number of hydrogen-bond acceptors (Lipinski definition) is 3. The number of aryl methyl sites for hydroxylation is 1. The summed E-state index contributed by atoms with van der Waals surface area (Å²) < 4.78 is 0. The average molecular weight is 149 g/mol. The van der Waals surface area contributed by atoms with E-state index in [1.54, 1.807) is 6.33 Å². The molecule has 1 aliphatic heterocycles. The molecular weight excluding hydrogens is 138 g/mol. The van der Waals surface area contributed by atoms with Crippen molar-refractivity contribution in [3.63, 3.8) is 0 Å². The molecule has 1 aromatic rings. The zero-order chi connectivity index (χ0) is 7.68. The zero-order valence-electron chi connectivity index (χ0n) is 6.54. The minimum absolute atomic E-state index is 0.622. The predicted molar refractivity (Wildman–Crippen MR) is 42.4 cm³/mol. The Hall–Kier alpha value is -0.960. The van der Waals surface area contributed by atoms with E-state index in [0.29, 0.717) is 5.92 Å². The summed E-state index contributed by atoms with van der Waals surface area (Å²) in [4.78, 5) is 8.26.